The van der Waals surface area contributed by atoms with Gasteiger partial charge in [0.2, 0.25) is 10.0 Å². The SMILES string of the molecule is CCNCc1scc(C)c1S(=O)(=O)NCCn1ccnc1. The number of thiophene rings is 1. The second kappa shape index (κ2) is 7.17. The number of aryl methyl sites for hydroxylation is 1. The van der Waals surface area contributed by atoms with Crippen molar-refractivity contribution in [3.63, 3.8) is 0 Å². The molecule has 0 aliphatic heterocycles. The van der Waals surface area contributed by atoms with Gasteiger partial charge in [0.05, 0.1) is 6.33 Å². The van der Waals surface area contributed by atoms with Gasteiger partial charge in [-0.2, -0.15) is 0 Å². The van der Waals surface area contributed by atoms with Crippen LogP contribution in [0.1, 0.15) is 17.4 Å². The minimum absolute atomic E-state index is 0.342. The van der Waals surface area contributed by atoms with Crippen LogP contribution in [0.5, 0.6) is 0 Å². The van der Waals surface area contributed by atoms with Crippen molar-refractivity contribution in [2.75, 3.05) is 13.1 Å². The molecule has 21 heavy (non-hydrogen) atoms. The fraction of sp³-hybridized carbons (Fsp3) is 0.462. The third-order valence-electron chi connectivity index (χ3n) is 3.01. The Kier molecular flexibility index (Phi) is 5.51. The number of hydrogen-bond donors (Lipinski definition) is 2. The molecule has 0 unspecified atom stereocenters. The summed E-state index contributed by atoms with van der Waals surface area (Å²) < 4.78 is 29.4. The van der Waals surface area contributed by atoms with E-state index in [0.29, 0.717) is 24.5 Å². The molecule has 0 aromatic carbocycles. The summed E-state index contributed by atoms with van der Waals surface area (Å²) in [6, 6.07) is 0. The highest BCUT2D eigenvalue weighted by Gasteiger charge is 2.22. The van der Waals surface area contributed by atoms with E-state index in [1.807, 2.05) is 23.8 Å². The molecule has 0 aliphatic carbocycles. The van der Waals surface area contributed by atoms with Crippen LogP contribution in [0.4, 0.5) is 0 Å². The lowest BCUT2D eigenvalue weighted by Crippen LogP contribution is -2.28. The topological polar surface area (TPSA) is 76.0 Å². The Bertz CT molecular complexity index is 662. The van der Waals surface area contributed by atoms with E-state index < -0.39 is 10.0 Å². The predicted octanol–water partition coefficient (Wildman–Crippen LogP) is 1.34. The average molecular weight is 328 g/mol. The van der Waals surface area contributed by atoms with Crippen LogP contribution in [0.25, 0.3) is 0 Å². The predicted molar refractivity (Wildman–Crippen MR) is 83.9 cm³/mol. The highest BCUT2D eigenvalue weighted by atomic mass is 32.2. The second-order valence-corrected chi connectivity index (χ2v) is 7.32. The fourth-order valence-electron chi connectivity index (χ4n) is 2.01. The van der Waals surface area contributed by atoms with Gasteiger partial charge in [-0.05, 0) is 24.4 Å². The summed E-state index contributed by atoms with van der Waals surface area (Å²) in [5, 5.41) is 5.06. The number of aromatic nitrogens is 2. The van der Waals surface area contributed by atoms with Gasteiger partial charge in [-0.3, -0.25) is 0 Å². The van der Waals surface area contributed by atoms with Gasteiger partial charge in [-0.1, -0.05) is 6.92 Å². The van der Waals surface area contributed by atoms with Crippen LogP contribution in [0, 0.1) is 6.92 Å². The Morgan fingerprint density at radius 2 is 2.24 bits per heavy atom. The first-order valence-corrected chi connectivity index (χ1v) is 9.14. The van der Waals surface area contributed by atoms with Gasteiger partial charge in [-0.15, -0.1) is 11.3 Å². The molecule has 6 nitrogen and oxygen atoms in total. The number of nitrogens with one attached hydrogen (secondary N) is 2. The number of imidazole rings is 1. The molecule has 0 fully saturated rings. The van der Waals surface area contributed by atoms with Crippen molar-refractivity contribution >= 4 is 21.4 Å². The van der Waals surface area contributed by atoms with Crippen LogP contribution < -0.4 is 10.0 Å². The van der Waals surface area contributed by atoms with Crippen LogP contribution >= 0.6 is 11.3 Å². The molecule has 2 aromatic heterocycles. The Morgan fingerprint density at radius 3 is 2.90 bits per heavy atom. The van der Waals surface area contributed by atoms with E-state index in [9.17, 15) is 8.42 Å². The molecular weight excluding hydrogens is 308 g/mol. The Labute approximate surface area is 129 Å². The van der Waals surface area contributed by atoms with Gasteiger partial charge >= 0.3 is 0 Å². The fourth-order valence-corrected chi connectivity index (χ4v) is 4.81. The van der Waals surface area contributed by atoms with E-state index in [4.69, 9.17) is 0 Å². The first-order valence-electron chi connectivity index (χ1n) is 6.77. The normalized spacial score (nSPS) is 11.9. The van der Waals surface area contributed by atoms with Crippen LogP contribution in [0.2, 0.25) is 0 Å². The molecule has 0 amide bonds. The van der Waals surface area contributed by atoms with Crippen LogP contribution in [0.3, 0.4) is 0 Å². The molecule has 2 N–H and O–H groups in total. The van der Waals surface area contributed by atoms with Crippen molar-refractivity contribution in [1.82, 2.24) is 19.6 Å². The number of sulfonamides is 1. The molecule has 0 saturated carbocycles. The maximum atomic E-state index is 12.5. The summed E-state index contributed by atoms with van der Waals surface area (Å²) in [6.45, 7) is 6.12. The Balaban J connectivity index is 2.06. The van der Waals surface area contributed by atoms with Gasteiger partial charge in [0.15, 0.2) is 0 Å². The molecule has 116 valence electrons. The van der Waals surface area contributed by atoms with Gasteiger partial charge in [0, 0.05) is 36.9 Å². The zero-order valence-electron chi connectivity index (χ0n) is 12.2. The maximum Gasteiger partial charge on any atom is 0.242 e. The third-order valence-corrected chi connectivity index (χ3v) is 5.94. The van der Waals surface area contributed by atoms with Crippen molar-refractivity contribution in [1.29, 1.82) is 0 Å². The van der Waals surface area contributed by atoms with Gasteiger partial charge < -0.3 is 9.88 Å². The molecule has 2 rings (SSSR count). The second-order valence-electron chi connectivity index (χ2n) is 4.65. The first kappa shape index (κ1) is 16.2. The van der Waals surface area contributed by atoms with Crippen LogP contribution in [0.15, 0.2) is 29.0 Å². The minimum atomic E-state index is -3.48. The minimum Gasteiger partial charge on any atom is -0.336 e. The van der Waals surface area contributed by atoms with E-state index in [2.05, 4.69) is 15.0 Å². The summed E-state index contributed by atoms with van der Waals surface area (Å²) in [6.07, 6.45) is 5.15. The molecule has 0 saturated heterocycles. The lowest BCUT2D eigenvalue weighted by Gasteiger charge is -2.10. The Morgan fingerprint density at radius 1 is 1.43 bits per heavy atom. The highest BCUT2D eigenvalue weighted by Crippen LogP contribution is 2.26. The number of rotatable bonds is 8. The molecule has 0 bridgehead atoms. The standard InChI is InChI=1S/C13H20N4O2S2/c1-3-14-8-12-13(11(2)9-20-12)21(18,19)16-5-7-17-6-4-15-10-17/h4,6,9-10,14,16H,3,5,7-8H2,1-2H3. The van der Waals surface area contributed by atoms with Crippen molar-refractivity contribution in [3.05, 3.63) is 34.5 Å². The quantitative estimate of drug-likeness (QED) is 0.767. The molecule has 8 heteroatoms. The van der Waals surface area contributed by atoms with Crippen LogP contribution in [-0.4, -0.2) is 31.1 Å². The largest absolute Gasteiger partial charge is 0.336 e. The average Bonchev–Trinajstić information content (AvgIpc) is 3.06. The third kappa shape index (κ3) is 4.13. The summed E-state index contributed by atoms with van der Waals surface area (Å²) in [4.78, 5) is 5.20. The van der Waals surface area contributed by atoms with Gasteiger partial charge in [-0.25, -0.2) is 18.1 Å². The summed E-state index contributed by atoms with van der Waals surface area (Å²) in [5.41, 5.74) is 0.794. The first-order chi connectivity index (χ1) is 10.0. The van der Waals surface area contributed by atoms with E-state index in [-0.39, 0.29) is 0 Å². The molecule has 2 aromatic rings. The lowest BCUT2D eigenvalue weighted by atomic mass is 10.3. The van der Waals surface area contributed by atoms with E-state index in [0.717, 1.165) is 17.0 Å². The zero-order chi connectivity index (χ0) is 15.3. The smallest absolute Gasteiger partial charge is 0.242 e. The van der Waals surface area contributed by atoms with Crippen molar-refractivity contribution in [3.8, 4) is 0 Å². The molecule has 0 radical (unpaired) electrons. The monoisotopic (exact) mass is 328 g/mol. The molecular formula is C13H20N4O2S2. The summed E-state index contributed by atoms with van der Waals surface area (Å²) in [7, 11) is -3.48. The van der Waals surface area contributed by atoms with E-state index >= 15 is 0 Å². The lowest BCUT2D eigenvalue weighted by molar-refractivity contribution is 0.570. The number of nitrogens with zero attached hydrogens (tertiary/aromatic N) is 2. The molecule has 0 spiro atoms. The maximum absolute atomic E-state index is 12.5. The van der Waals surface area contributed by atoms with Crippen molar-refractivity contribution in [2.45, 2.75) is 31.8 Å². The van der Waals surface area contributed by atoms with Gasteiger partial charge in [0.1, 0.15) is 4.90 Å². The Hall–Kier alpha value is -1.22. The molecule has 0 aliphatic rings. The highest BCUT2D eigenvalue weighted by molar-refractivity contribution is 7.89. The summed E-state index contributed by atoms with van der Waals surface area (Å²) >= 11 is 1.48. The molecule has 2 heterocycles. The van der Waals surface area contributed by atoms with Crippen molar-refractivity contribution < 1.29 is 8.42 Å². The number of hydrogen-bond acceptors (Lipinski definition) is 5. The zero-order valence-corrected chi connectivity index (χ0v) is 13.8. The van der Waals surface area contributed by atoms with E-state index in [1.165, 1.54) is 11.3 Å². The van der Waals surface area contributed by atoms with Gasteiger partial charge in [0.25, 0.3) is 0 Å². The van der Waals surface area contributed by atoms with Crippen molar-refractivity contribution in [2.24, 2.45) is 0 Å². The van der Waals surface area contributed by atoms with E-state index in [1.54, 1.807) is 18.7 Å². The molecule has 0 atom stereocenters. The van der Waals surface area contributed by atoms with Crippen LogP contribution in [-0.2, 0) is 23.1 Å². The summed E-state index contributed by atoms with van der Waals surface area (Å²) in [5.74, 6) is 0.